The number of nitrogens with two attached hydrogens (primary N) is 1. The number of carbonyl (C=O) groups is 1. The fourth-order valence-corrected chi connectivity index (χ4v) is 3.43. The third kappa shape index (κ3) is 3.43. The molecule has 2 aromatic heterocycles. The van der Waals surface area contributed by atoms with E-state index in [2.05, 4.69) is 18.4 Å². The van der Waals surface area contributed by atoms with Gasteiger partial charge in [-0.05, 0) is 29.8 Å². The van der Waals surface area contributed by atoms with Crippen molar-refractivity contribution in [2.45, 2.75) is 25.4 Å². The molecule has 0 saturated heterocycles. The lowest BCUT2D eigenvalue weighted by Crippen LogP contribution is -2.41. The quantitative estimate of drug-likeness (QED) is 0.921. The Hall–Kier alpha value is -1.17. The molecular formula is C14H18N2OS2. The highest BCUT2D eigenvalue weighted by Crippen LogP contribution is 2.20. The number of likely N-dealkylation sites (N-methyl/N-ethyl adjacent to an activating group) is 1. The lowest BCUT2D eigenvalue weighted by molar-refractivity contribution is -0.133. The van der Waals surface area contributed by atoms with Crippen LogP contribution in [0.4, 0.5) is 0 Å². The van der Waals surface area contributed by atoms with Crippen LogP contribution in [0, 0.1) is 0 Å². The summed E-state index contributed by atoms with van der Waals surface area (Å²) in [5.41, 5.74) is 6.02. The van der Waals surface area contributed by atoms with Crippen LogP contribution >= 0.6 is 22.7 Å². The van der Waals surface area contributed by atoms with E-state index < -0.39 is 6.04 Å². The minimum Gasteiger partial charge on any atom is -0.341 e. The van der Waals surface area contributed by atoms with Crippen LogP contribution in [0.3, 0.4) is 0 Å². The molecule has 0 saturated carbocycles. The zero-order valence-electron chi connectivity index (χ0n) is 11.1. The van der Waals surface area contributed by atoms with Crippen molar-refractivity contribution in [1.82, 2.24) is 4.90 Å². The smallest absolute Gasteiger partial charge is 0.244 e. The molecule has 2 rings (SSSR count). The normalized spacial score (nSPS) is 14.1. The highest BCUT2D eigenvalue weighted by atomic mass is 32.1. The van der Waals surface area contributed by atoms with Gasteiger partial charge in [-0.3, -0.25) is 4.79 Å². The standard InChI is InChI=1S/C14H18N2OS2/c1-10(9-11-5-3-7-18-11)16(2)14(17)13(15)12-6-4-8-19-12/h3-8,10,13H,9,15H2,1-2H3. The van der Waals surface area contributed by atoms with Crippen LogP contribution in [0.5, 0.6) is 0 Å². The number of rotatable bonds is 5. The van der Waals surface area contributed by atoms with Gasteiger partial charge >= 0.3 is 0 Å². The second kappa shape index (κ2) is 6.32. The molecule has 0 bridgehead atoms. The molecule has 3 nitrogen and oxygen atoms in total. The Morgan fingerprint density at radius 3 is 2.58 bits per heavy atom. The van der Waals surface area contributed by atoms with Crippen molar-refractivity contribution in [2.75, 3.05) is 7.05 Å². The van der Waals surface area contributed by atoms with Crippen molar-refractivity contribution in [2.24, 2.45) is 5.73 Å². The monoisotopic (exact) mass is 294 g/mol. The summed E-state index contributed by atoms with van der Waals surface area (Å²) in [6.45, 7) is 2.05. The lowest BCUT2D eigenvalue weighted by Gasteiger charge is -2.27. The highest BCUT2D eigenvalue weighted by Gasteiger charge is 2.24. The average Bonchev–Trinajstić information content (AvgIpc) is 3.08. The Balaban J connectivity index is 1.98. The zero-order chi connectivity index (χ0) is 13.8. The molecule has 2 unspecified atom stereocenters. The van der Waals surface area contributed by atoms with Gasteiger partial charge in [-0.1, -0.05) is 12.1 Å². The van der Waals surface area contributed by atoms with Gasteiger partial charge in [0, 0.05) is 29.3 Å². The predicted octanol–water partition coefficient (Wildman–Crippen LogP) is 2.90. The first-order chi connectivity index (χ1) is 9.09. The number of hydrogen-bond donors (Lipinski definition) is 1. The molecule has 19 heavy (non-hydrogen) atoms. The van der Waals surface area contributed by atoms with Crippen LogP contribution in [0.15, 0.2) is 35.0 Å². The Kier molecular flexibility index (Phi) is 4.74. The molecular weight excluding hydrogens is 276 g/mol. The summed E-state index contributed by atoms with van der Waals surface area (Å²) in [4.78, 5) is 16.3. The van der Waals surface area contributed by atoms with Crippen molar-refractivity contribution in [1.29, 1.82) is 0 Å². The summed E-state index contributed by atoms with van der Waals surface area (Å²) in [6.07, 6.45) is 0.872. The van der Waals surface area contributed by atoms with Crippen LogP contribution in [0.2, 0.25) is 0 Å². The van der Waals surface area contributed by atoms with E-state index in [1.807, 2.05) is 30.6 Å². The van der Waals surface area contributed by atoms with E-state index >= 15 is 0 Å². The van der Waals surface area contributed by atoms with Gasteiger partial charge in [0.2, 0.25) is 5.91 Å². The van der Waals surface area contributed by atoms with Crippen molar-refractivity contribution in [3.8, 4) is 0 Å². The van der Waals surface area contributed by atoms with Crippen molar-refractivity contribution in [3.05, 3.63) is 44.8 Å². The molecule has 5 heteroatoms. The molecule has 0 fully saturated rings. The van der Waals surface area contributed by atoms with Crippen LogP contribution in [-0.4, -0.2) is 23.9 Å². The maximum atomic E-state index is 12.3. The van der Waals surface area contributed by atoms with E-state index in [0.29, 0.717) is 0 Å². The topological polar surface area (TPSA) is 46.3 Å². The fraction of sp³-hybridized carbons (Fsp3) is 0.357. The minimum atomic E-state index is -0.546. The molecule has 2 atom stereocenters. The van der Waals surface area contributed by atoms with Gasteiger partial charge in [0.05, 0.1) is 0 Å². The van der Waals surface area contributed by atoms with Crippen molar-refractivity contribution >= 4 is 28.6 Å². The molecule has 0 spiro atoms. The number of hydrogen-bond acceptors (Lipinski definition) is 4. The Bertz CT molecular complexity index is 508. The first-order valence-electron chi connectivity index (χ1n) is 6.17. The molecule has 102 valence electrons. The van der Waals surface area contributed by atoms with Crippen molar-refractivity contribution < 1.29 is 4.79 Å². The summed E-state index contributed by atoms with van der Waals surface area (Å²) in [5.74, 6) is -0.0218. The average molecular weight is 294 g/mol. The molecule has 1 amide bonds. The third-order valence-corrected chi connectivity index (χ3v) is 5.06. The van der Waals surface area contributed by atoms with E-state index in [1.54, 1.807) is 16.2 Å². The van der Waals surface area contributed by atoms with Gasteiger partial charge < -0.3 is 10.6 Å². The van der Waals surface area contributed by atoms with Gasteiger partial charge in [-0.2, -0.15) is 0 Å². The highest BCUT2D eigenvalue weighted by molar-refractivity contribution is 7.10. The van der Waals surface area contributed by atoms with E-state index in [9.17, 15) is 4.79 Å². The van der Waals surface area contributed by atoms with Gasteiger partial charge in [0.1, 0.15) is 6.04 Å². The lowest BCUT2D eigenvalue weighted by atomic mass is 10.1. The molecule has 0 aliphatic heterocycles. The molecule has 0 aliphatic carbocycles. The second-order valence-electron chi connectivity index (χ2n) is 4.57. The Morgan fingerprint density at radius 1 is 1.32 bits per heavy atom. The third-order valence-electron chi connectivity index (χ3n) is 3.20. The number of thiophene rings is 2. The summed E-state index contributed by atoms with van der Waals surface area (Å²) in [7, 11) is 1.83. The maximum absolute atomic E-state index is 12.3. The number of nitrogens with zero attached hydrogens (tertiary/aromatic N) is 1. The summed E-state index contributed by atoms with van der Waals surface area (Å²) in [6, 6.07) is 7.56. The van der Waals surface area contributed by atoms with E-state index in [0.717, 1.165) is 11.3 Å². The summed E-state index contributed by atoms with van der Waals surface area (Å²) in [5, 5.41) is 4.00. The van der Waals surface area contributed by atoms with Gasteiger partial charge in [0.25, 0.3) is 0 Å². The number of amides is 1. The van der Waals surface area contributed by atoms with E-state index in [4.69, 9.17) is 5.73 Å². The maximum Gasteiger partial charge on any atom is 0.244 e. The van der Waals surface area contributed by atoms with Crippen LogP contribution < -0.4 is 5.73 Å². The molecule has 2 N–H and O–H groups in total. The van der Waals surface area contributed by atoms with Crippen LogP contribution in [0.1, 0.15) is 22.7 Å². The van der Waals surface area contributed by atoms with Crippen LogP contribution in [0.25, 0.3) is 0 Å². The molecule has 0 aromatic carbocycles. The molecule has 2 aromatic rings. The summed E-state index contributed by atoms with van der Waals surface area (Å²) >= 11 is 3.24. The second-order valence-corrected chi connectivity index (χ2v) is 6.59. The molecule has 0 aliphatic rings. The first kappa shape index (κ1) is 14.2. The zero-order valence-corrected chi connectivity index (χ0v) is 12.7. The van der Waals surface area contributed by atoms with Gasteiger partial charge in [0.15, 0.2) is 0 Å². The summed E-state index contributed by atoms with van der Waals surface area (Å²) < 4.78 is 0. The van der Waals surface area contributed by atoms with E-state index in [-0.39, 0.29) is 11.9 Å². The molecule has 0 radical (unpaired) electrons. The van der Waals surface area contributed by atoms with Crippen molar-refractivity contribution in [3.63, 3.8) is 0 Å². The van der Waals surface area contributed by atoms with Gasteiger partial charge in [-0.25, -0.2) is 0 Å². The number of carbonyl (C=O) groups excluding carboxylic acids is 1. The first-order valence-corrected chi connectivity index (χ1v) is 7.93. The predicted molar refractivity (Wildman–Crippen MR) is 81.5 cm³/mol. The largest absolute Gasteiger partial charge is 0.341 e. The van der Waals surface area contributed by atoms with E-state index in [1.165, 1.54) is 16.2 Å². The van der Waals surface area contributed by atoms with Gasteiger partial charge in [-0.15, -0.1) is 22.7 Å². The Morgan fingerprint density at radius 2 is 2.00 bits per heavy atom. The fourth-order valence-electron chi connectivity index (χ4n) is 1.88. The SMILES string of the molecule is CC(Cc1cccs1)N(C)C(=O)C(N)c1cccs1. The Labute approximate surface area is 121 Å². The molecule has 2 heterocycles. The van der Waals surface area contributed by atoms with Crippen LogP contribution in [-0.2, 0) is 11.2 Å². The minimum absolute atomic E-state index is 0.0218.